The van der Waals surface area contributed by atoms with Crippen molar-refractivity contribution in [1.82, 2.24) is 0 Å². The highest BCUT2D eigenvalue weighted by molar-refractivity contribution is 6.84. The second-order valence-corrected chi connectivity index (χ2v) is 17.6. The van der Waals surface area contributed by atoms with Gasteiger partial charge in [-0.05, 0) is 94.5 Å². The van der Waals surface area contributed by atoms with E-state index in [0.717, 1.165) is 11.5 Å². The molecule has 0 N–H and O–H groups in total. The van der Waals surface area contributed by atoms with Crippen LogP contribution in [0, 0.1) is 13.8 Å². The number of aryl methyl sites for hydroxylation is 2. The van der Waals surface area contributed by atoms with Gasteiger partial charge in [0.1, 0.15) is 11.5 Å². The summed E-state index contributed by atoms with van der Waals surface area (Å²) in [6, 6.07) is 18.1. The van der Waals surface area contributed by atoms with Gasteiger partial charge >= 0.3 is 0 Å². The van der Waals surface area contributed by atoms with Gasteiger partial charge in [-0.3, -0.25) is 0 Å². The SMILES string of the molecule is Cc1ccoc1C1=Cc2c(C(C)C)cccc2C1[Si](C)(C)C1C(c2occc2C)=Cc2c(C(C)C)cccc21. The van der Waals surface area contributed by atoms with Crippen molar-refractivity contribution in [2.45, 2.75) is 77.6 Å². The number of fused-ring (bicyclic) bond motifs is 2. The first-order valence-electron chi connectivity index (χ1n) is 14.4. The Morgan fingerprint density at radius 2 is 1.03 bits per heavy atom. The molecule has 0 amide bonds. The first kappa shape index (κ1) is 25.9. The standard InChI is InChI=1S/C36H40O2Si/c1-21(2)25-11-9-13-27-29(25)19-31(33-23(5)15-17-37-33)35(27)39(7,8)36-28-14-10-12-26(22(3)4)30(28)20-32(36)34-24(6)16-18-38-34/h9-22,35-36H,1-8H3. The van der Waals surface area contributed by atoms with Crippen LogP contribution in [0.1, 0.15) is 107 Å². The van der Waals surface area contributed by atoms with Crippen LogP contribution >= 0.6 is 0 Å². The molecule has 2 aromatic heterocycles. The van der Waals surface area contributed by atoms with Crippen LogP contribution in [0.15, 0.2) is 69.9 Å². The number of benzene rings is 2. The van der Waals surface area contributed by atoms with E-state index in [1.165, 1.54) is 55.7 Å². The van der Waals surface area contributed by atoms with Crippen LogP contribution in [0.25, 0.3) is 23.3 Å². The minimum absolute atomic E-state index is 0.299. The van der Waals surface area contributed by atoms with Gasteiger partial charge < -0.3 is 8.83 Å². The molecule has 200 valence electrons. The summed E-state index contributed by atoms with van der Waals surface area (Å²) in [7, 11) is -2.20. The first-order valence-corrected chi connectivity index (χ1v) is 17.5. The van der Waals surface area contributed by atoms with E-state index in [1.54, 1.807) is 0 Å². The van der Waals surface area contributed by atoms with Crippen LogP contribution in [0.2, 0.25) is 13.1 Å². The third-order valence-corrected chi connectivity index (χ3v) is 13.4. The van der Waals surface area contributed by atoms with Crippen LogP contribution < -0.4 is 0 Å². The normalized spacial score (nSPS) is 18.5. The lowest BCUT2D eigenvalue weighted by molar-refractivity contribution is 0.548. The third-order valence-electron chi connectivity index (χ3n) is 9.17. The van der Waals surface area contributed by atoms with Gasteiger partial charge in [0, 0.05) is 22.2 Å². The van der Waals surface area contributed by atoms with E-state index >= 15 is 0 Å². The van der Waals surface area contributed by atoms with Gasteiger partial charge in [0.2, 0.25) is 0 Å². The fraction of sp³-hybridized carbons (Fsp3) is 0.333. The van der Waals surface area contributed by atoms with Crippen molar-refractivity contribution in [1.29, 1.82) is 0 Å². The van der Waals surface area contributed by atoms with Gasteiger partial charge in [0.05, 0.1) is 20.6 Å². The molecule has 0 saturated carbocycles. The highest BCUT2D eigenvalue weighted by Gasteiger charge is 2.50. The van der Waals surface area contributed by atoms with Crippen LogP contribution in [0.5, 0.6) is 0 Å². The topological polar surface area (TPSA) is 26.3 Å². The van der Waals surface area contributed by atoms with E-state index in [-0.39, 0.29) is 0 Å². The van der Waals surface area contributed by atoms with Gasteiger partial charge in [-0.1, -0.05) is 77.2 Å². The van der Waals surface area contributed by atoms with E-state index in [2.05, 4.69) is 115 Å². The molecule has 2 unspecified atom stereocenters. The molecule has 39 heavy (non-hydrogen) atoms. The Kier molecular flexibility index (Phi) is 6.26. The quantitative estimate of drug-likeness (QED) is 0.231. The maximum absolute atomic E-state index is 6.23. The predicted octanol–water partition coefficient (Wildman–Crippen LogP) is 10.5. The molecule has 2 aliphatic carbocycles. The molecule has 0 spiro atoms. The zero-order valence-corrected chi connectivity index (χ0v) is 25.6. The molecule has 3 heteroatoms. The summed E-state index contributed by atoms with van der Waals surface area (Å²) in [6.07, 6.45) is 8.61. The Labute approximate surface area is 234 Å². The van der Waals surface area contributed by atoms with Crippen molar-refractivity contribution in [2.24, 2.45) is 0 Å². The fourth-order valence-electron chi connectivity index (χ4n) is 7.36. The smallest absolute Gasteiger partial charge is 0.133 e. The third kappa shape index (κ3) is 3.97. The summed E-state index contributed by atoms with van der Waals surface area (Å²) >= 11 is 0. The van der Waals surface area contributed by atoms with Crippen LogP contribution in [0.3, 0.4) is 0 Å². The number of furan rings is 2. The monoisotopic (exact) mass is 532 g/mol. The number of rotatable bonds is 6. The summed E-state index contributed by atoms with van der Waals surface area (Å²) in [5.41, 5.74) is 14.3. The molecule has 0 radical (unpaired) electrons. The predicted molar refractivity (Wildman–Crippen MR) is 167 cm³/mol. The molecule has 0 fully saturated rings. The summed E-state index contributed by atoms with van der Waals surface area (Å²) in [5, 5.41) is 0. The molecule has 0 bridgehead atoms. The van der Waals surface area contributed by atoms with Crippen LogP contribution in [0.4, 0.5) is 0 Å². The minimum atomic E-state index is -2.20. The fourth-order valence-corrected chi connectivity index (χ4v) is 11.8. The lowest BCUT2D eigenvalue weighted by Gasteiger charge is -2.39. The summed E-state index contributed by atoms with van der Waals surface area (Å²) < 4.78 is 12.5. The lowest BCUT2D eigenvalue weighted by atomic mass is 9.95. The Bertz CT molecular complexity index is 1500. The molecule has 2 heterocycles. The molecule has 0 aliphatic heterocycles. The number of allylic oxidation sites excluding steroid dienone is 2. The average Bonchev–Trinajstić information content (AvgIpc) is 3.66. The second-order valence-electron chi connectivity index (χ2n) is 12.8. The van der Waals surface area contributed by atoms with Crippen LogP contribution in [-0.4, -0.2) is 8.07 Å². The Balaban J connectivity index is 1.60. The molecule has 2 atom stereocenters. The van der Waals surface area contributed by atoms with Gasteiger partial charge in [-0.15, -0.1) is 0 Å². The highest BCUT2D eigenvalue weighted by Crippen LogP contribution is 2.58. The molecule has 4 aromatic rings. The van der Waals surface area contributed by atoms with Crippen LogP contribution in [-0.2, 0) is 0 Å². The Hall–Kier alpha value is -3.30. The maximum atomic E-state index is 6.23. The highest BCUT2D eigenvalue weighted by atomic mass is 28.3. The lowest BCUT2D eigenvalue weighted by Crippen LogP contribution is -2.42. The molecule has 2 nitrogen and oxygen atoms in total. The van der Waals surface area contributed by atoms with Gasteiger partial charge in [0.25, 0.3) is 0 Å². The van der Waals surface area contributed by atoms with Gasteiger partial charge in [-0.2, -0.15) is 0 Å². The summed E-state index contributed by atoms with van der Waals surface area (Å²) in [4.78, 5) is 0. The molecule has 2 aromatic carbocycles. The largest absolute Gasteiger partial charge is 0.464 e. The van der Waals surface area contributed by atoms with Gasteiger partial charge in [-0.25, -0.2) is 0 Å². The molecule has 0 saturated heterocycles. The van der Waals surface area contributed by atoms with E-state index in [1.807, 2.05) is 12.5 Å². The maximum Gasteiger partial charge on any atom is 0.133 e. The van der Waals surface area contributed by atoms with E-state index < -0.39 is 8.07 Å². The molecule has 2 aliphatic rings. The van der Waals surface area contributed by atoms with Crippen molar-refractivity contribution in [3.8, 4) is 0 Å². The van der Waals surface area contributed by atoms with Crippen molar-refractivity contribution < 1.29 is 8.83 Å². The minimum Gasteiger partial charge on any atom is -0.464 e. The van der Waals surface area contributed by atoms with Crippen molar-refractivity contribution in [3.05, 3.63) is 117 Å². The van der Waals surface area contributed by atoms with Gasteiger partial charge in [0.15, 0.2) is 0 Å². The molecular weight excluding hydrogens is 492 g/mol. The Morgan fingerprint density at radius 3 is 1.36 bits per heavy atom. The Morgan fingerprint density at radius 1 is 0.615 bits per heavy atom. The van der Waals surface area contributed by atoms with Crippen molar-refractivity contribution in [2.75, 3.05) is 0 Å². The van der Waals surface area contributed by atoms with E-state index in [4.69, 9.17) is 8.83 Å². The van der Waals surface area contributed by atoms with E-state index in [0.29, 0.717) is 22.9 Å². The van der Waals surface area contributed by atoms with Crippen molar-refractivity contribution in [3.63, 3.8) is 0 Å². The molecular formula is C36H40O2Si. The summed E-state index contributed by atoms with van der Waals surface area (Å²) in [6.45, 7) is 18.8. The van der Waals surface area contributed by atoms with E-state index in [9.17, 15) is 0 Å². The summed E-state index contributed by atoms with van der Waals surface area (Å²) in [5.74, 6) is 3.00. The van der Waals surface area contributed by atoms with Crippen molar-refractivity contribution >= 4 is 31.4 Å². The zero-order chi connectivity index (χ0) is 27.6. The average molecular weight is 533 g/mol. The number of hydrogen-bond donors (Lipinski definition) is 0. The zero-order valence-electron chi connectivity index (χ0n) is 24.6. The second kappa shape index (κ2) is 9.41. The first-order chi connectivity index (χ1) is 18.6. The number of hydrogen-bond acceptors (Lipinski definition) is 2. The molecule has 6 rings (SSSR count).